The number of carbonyl (C=O) groups is 2. The van der Waals surface area contributed by atoms with E-state index in [0.717, 1.165) is 11.7 Å². The second kappa shape index (κ2) is 12.0. The Morgan fingerprint density at radius 3 is 2.22 bits per heavy atom. The molecule has 1 aliphatic heterocycles. The van der Waals surface area contributed by atoms with Gasteiger partial charge in [-0.05, 0) is 35.9 Å². The van der Waals surface area contributed by atoms with Gasteiger partial charge in [0.15, 0.2) is 0 Å². The van der Waals surface area contributed by atoms with Gasteiger partial charge in [0.25, 0.3) is 5.88 Å². The van der Waals surface area contributed by atoms with Crippen molar-refractivity contribution in [2.75, 3.05) is 48.8 Å². The smallest absolute Gasteiger partial charge is 0.416 e. The van der Waals surface area contributed by atoms with E-state index in [4.69, 9.17) is 4.74 Å². The van der Waals surface area contributed by atoms with E-state index in [9.17, 15) is 35.9 Å². The van der Waals surface area contributed by atoms with E-state index in [1.54, 1.807) is 17.0 Å². The number of amides is 3. The average Bonchev–Trinajstić information content (AvgIpc) is 3.39. The lowest BCUT2D eigenvalue weighted by molar-refractivity contribution is -0.143. The van der Waals surface area contributed by atoms with Crippen LogP contribution in [0.15, 0.2) is 36.5 Å². The first kappa shape index (κ1) is 29.6. The molecule has 1 aliphatic rings. The molecule has 18 heteroatoms. The fourth-order valence-electron chi connectivity index (χ4n) is 3.75. The number of methoxy groups -OCH3 is 1. The predicted molar refractivity (Wildman–Crippen MR) is 134 cm³/mol. The van der Waals surface area contributed by atoms with Crippen LogP contribution in [-0.4, -0.2) is 64.0 Å². The van der Waals surface area contributed by atoms with Gasteiger partial charge in [-0.15, -0.1) is 4.37 Å². The summed E-state index contributed by atoms with van der Waals surface area (Å²) in [5, 5.41) is 4.57. The molecule has 2 N–H and O–H groups in total. The second-order valence-electron chi connectivity index (χ2n) is 8.55. The zero-order valence-electron chi connectivity index (χ0n) is 21.0. The number of pyridine rings is 1. The Hall–Kier alpha value is -4.35. The first-order chi connectivity index (χ1) is 19.3. The highest BCUT2D eigenvalue weighted by Crippen LogP contribution is 2.37. The number of aromatic nitrogens is 3. The zero-order valence-corrected chi connectivity index (χ0v) is 21.9. The summed E-state index contributed by atoms with van der Waals surface area (Å²) in [6.45, 7) is 0.750. The van der Waals surface area contributed by atoms with Crippen LogP contribution in [0.25, 0.3) is 0 Å². The second-order valence-corrected chi connectivity index (χ2v) is 9.07. The fraction of sp³-hybridized carbons (Fsp3) is 0.348. The molecule has 41 heavy (non-hydrogen) atoms. The van der Waals surface area contributed by atoms with E-state index in [1.807, 2.05) is 0 Å². The summed E-state index contributed by atoms with van der Waals surface area (Å²) in [4.78, 5) is 31.1. The molecule has 0 atom stereocenters. The number of rotatable bonds is 6. The molecule has 3 aromatic rings. The number of halogens is 6. The Morgan fingerprint density at radius 2 is 1.61 bits per heavy atom. The van der Waals surface area contributed by atoms with Gasteiger partial charge in [0, 0.05) is 38.1 Å². The number of hydrogen-bond acceptors (Lipinski definition) is 9. The van der Waals surface area contributed by atoms with Crippen LogP contribution in [0.1, 0.15) is 16.7 Å². The lowest BCUT2D eigenvalue weighted by Gasteiger charge is -2.34. The summed E-state index contributed by atoms with van der Waals surface area (Å²) < 4.78 is 97.5. The summed E-state index contributed by atoms with van der Waals surface area (Å²) >= 11 is 0.896. The minimum atomic E-state index is -5.03. The molecule has 0 unspecified atom stereocenters. The number of benzene rings is 1. The van der Waals surface area contributed by atoms with Gasteiger partial charge in [-0.3, -0.25) is 5.32 Å². The molecule has 0 spiro atoms. The third kappa shape index (κ3) is 7.65. The Balaban J connectivity index is 1.36. The van der Waals surface area contributed by atoms with Gasteiger partial charge in [0.2, 0.25) is 5.82 Å². The fourth-order valence-corrected chi connectivity index (χ4v) is 4.27. The quantitative estimate of drug-likeness (QED) is 0.373. The minimum Gasteiger partial charge on any atom is -0.470 e. The lowest BCUT2D eigenvalue weighted by Crippen LogP contribution is -2.50. The standard InChI is InChI=1S/C23H21F6N7O4S/c1-39-21(38)32-17-8-13(2-3-30-17)12-40-19-18(33-41-34-19)35-4-6-36(7-5-35)20(37)31-16-10-14(22(24,25)26)9-15(11-16)23(27,28)29/h2-3,8-11H,4-7,12H2,1H3,(H,31,37)(H,30,32,38). The molecule has 220 valence electrons. The van der Waals surface area contributed by atoms with Crippen LogP contribution >= 0.6 is 11.7 Å². The molecule has 3 heterocycles. The van der Waals surface area contributed by atoms with Crippen molar-refractivity contribution in [2.45, 2.75) is 19.0 Å². The molecule has 3 amide bonds. The number of nitrogens with zero attached hydrogens (tertiary/aromatic N) is 5. The van der Waals surface area contributed by atoms with Crippen LogP contribution in [0.5, 0.6) is 5.88 Å². The molecule has 0 bridgehead atoms. The predicted octanol–water partition coefficient (Wildman–Crippen LogP) is 5.08. The molecule has 11 nitrogen and oxygen atoms in total. The average molecular weight is 606 g/mol. The molecule has 1 aromatic carbocycles. The SMILES string of the molecule is COC(=O)Nc1cc(COc2nsnc2N2CCN(C(=O)Nc3cc(C(F)(F)F)cc(C(F)(F)F)c3)CC2)ccn1. The Labute approximate surface area is 232 Å². The topological polar surface area (TPSA) is 122 Å². The molecule has 0 aliphatic carbocycles. The number of hydrogen-bond donors (Lipinski definition) is 2. The van der Waals surface area contributed by atoms with Gasteiger partial charge >= 0.3 is 24.5 Å². The maximum atomic E-state index is 13.1. The summed E-state index contributed by atoms with van der Waals surface area (Å²) in [7, 11) is 1.22. The minimum absolute atomic E-state index is 0.0111. The normalized spacial score (nSPS) is 14.0. The van der Waals surface area contributed by atoms with E-state index < -0.39 is 41.3 Å². The molecule has 4 rings (SSSR count). The number of carbonyl (C=O) groups excluding carboxylic acids is 2. The number of urea groups is 1. The van der Waals surface area contributed by atoms with E-state index in [1.165, 1.54) is 18.2 Å². The van der Waals surface area contributed by atoms with E-state index in [2.05, 4.69) is 29.1 Å². The highest BCUT2D eigenvalue weighted by atomic mass is 32.1. The lowest BCUT2D eigenvalue weighted by atomic mass is 10.1. The van der Waals surface area contributed by atoms with Gasteiger partial charge in [-0.2, -0.15) is 30.7 Å². The number of alkyl halides is 6. The largest absolute Gasteiger partial charge is 0.470 e. The van der Waals surface area contributed by atoms with Crippen molar-refractivity contribution in [3.05, 3.63) is 53.2 Å². The van der Waals surface area contributed by atoms with Gasteiger partial charge in [-0.25, -0.2) is 14.6 Å². The van der Waals surface area contributed by atoms with Crippen LogP contribution in [0, 0.1) is 0 Å². The highest BCUT2D eigenvalue weighted by Gasteiger charge is 2.37. The number of ether oxygens (including phenoxy) is 2. The Morgan fingerprint density at radius 1 is 0.951 bits per heavy atom. The van der Waals surface area contributed by atoms with Crippen LogP contribution in [0.4, 0.5) is 53.3 Å². The van der Waals surface area contributed by atoms with Crippen molar-refractivity contribution >= 4 is 41.2 Å². The molecule has 0 radical (unpaired) electrons. The molecule has 1 saturated heterocycles. The summed E-state index contributed by atoms with van der Waals surface area (Å²) in [5.74, 6) is 0.879. The van der Waals surface area contributed by atoms with Crippen LogP contribution in [-0.2, 0) is 23.7 Å². The molecule has 2 aromatic heterocycles. The monoisotopic (exact) mass is 605 g/mol. The molecular weight excluding hydrogens is 584 g/mol. The summed E-state index contributed by atoms with van der Waals surface area (Å²) in [6, 6.07) is 3.29. The summed E-state index contributed by atoms with van der Waals surface area (Å²) in [5.41, 5.74) is -3.02. The van der Waals surface area contributed by atoms with Crippen molar-refractivity contribution in [3.8, 4) is 5.88 Å². The summed E-state index contributed by atoms with van der Waals surface area (Å²) in [6.07, 6.45) is -9.28. The number of piperazine rings is 1. The molecule has 0 saturated carbocycles. The molecular formula is C23H21F6N7O4S. The maximum absolute atomic E-state index is 13.1. The first-order valence-corrected chi connectivity index (χ1v) is 12.4. The Bertz CT molecular complexity index is 1360. The molecule has 1 fully saturated rings. The number of anilines is 3. The maximum Gasteiger partial charge on any atom is 0.416 e. The van der Waals surface area contributed by atoms with Crippen molar-refractivity contribution in [1.29, 1.82) is 0 Å². The van der Waals surface area contributed by atoms with Crippen LogP contribution in [0.2, 0.25) is 0 Å². The van der Waals surface area contributed by atoms with E-state index in [-0.39, 0.29) is 50.6 Å². The zero-order chi connectivity index (χ0) is 29.8. The van der Waals surface area contributed by atoms with Crippen molar-refractivity contribution < 1.29 is 45.4 Å². The van der Waals surface area contributed by atoms with Gasteiger partial charge < -0.3 is 24.6 Å². The highest BCUT2D eigenvalue weighted by molar-refractivity contribution is 6.99. The van der Waals surface area contributed by atoms with Crippen molar-refractivity contribution in [1.82, 2.24) is 18.6 Å². The van der Waals surface area contributed by atoms with Crippen molar-refractivity contribution in [2.24, 2.45) is 0 Å². The van der Waals surface area contributed by atoms with Crippen LogP contribution in [0.3, 0.4) is 0 Å². The van der Waals surface area contributed by atoms with E-state index in [0.29, 0.717) is 23.5 Å². The van der Waals surface area contributed by atoms with Crippen molar-refractivity contribution in [3.63, 3.8) is 0 Å². The number of nitrogens with one attached hydrogen (secondary N) is 2. The van der Waals surface area contributed by atoms with Gasteiger partial charge in [-0.1, -0.05) is 0 Å². The van der Waals surface area contributed by atoms with Crippen LogP contribution < -0.4 is 20.3 Å². The third-order valence-electron chi connectivity index (χ3n) is 5.76. The first-order valence-electron chi connectivity index (χ1n) is 11.7. The Kier molecular flexibility index (Phi) is 8.69. The van der Waals surface area contributed by atoms with Gasteiger partial charge in [0.1, 0.15) is 12.4 Å². The van der Waals surface area contributed by atoms with E-state index >= 15 is 0 Å². The van der Waals surface area contributed by atoms with Gasteiger partial charge in [0.05, 0.1) is 30.0 Å². The third-order valence-corrected chi connectivity index (χ3v) is 6.27.